The molecule has 96 valence electrons. The van der Waals surface area contributed by atoms with E-state index in [0.29, 0.717) is 18.3 Å². The van der Waals surface area contributed by atoms with Crippen molar-refractivity contribution < 1.29 is 9.84 Å². The molecule has 0 radical (unpaired) electrons. The number of unbranched alkanes of at least 4 members (excludes halogenated alkanes) is 2. The highest BCUT2D eigenvalue weighted by molar-refractivity contribution is 5.38. The van der Waals surface area contributed by atoms with E-state index in [1.807, 2.05) is 19.9 Å². The summed E-state index contributed by atoms with van der Waals surface area (Å²) >= 11 is 0. The number of aromatic nitrogens is 2. The lowest BCUT2D eigenvalue weighted by Gasteiger charge is -2.08. The normalized spacial score (nSPS) is 10.3. The first-order valence-electron chi connectivity index (χ1n) is 6.09. The standard InChI is InChI=1S/C12H21N3O2/c1-3-17-12-9-11(14-10(2)15-12)13-7-5-4-6-8-16/h9,16H,3-8H2,1-2H3,(H,13,14,15). The number of hydrogen-bond acceptors (Lipinski definition) is 5. The van der Waals surface area contributed by atoms with Gasteiger partial charge in [-0.15, -0.1) is 0 Å². The van der Waals surface area contributed by atoms with Crippen LogP contribution < -0.4 is 10.1 Å². The molecule has 0 aliphatic heterocycles. The number of rotatable bonds is 8. The van der Waals surface area contributed by atoms with Gasteiger partial charge in [-0.05, 0) is 33.1 Å². The SMILES string of the molecule is CCOc1cc(NCCCCCO)nc(C)n1. The number of nitrogens with one attached hydrogen (secondary N) is 1. The Morgan fingerprint density at radius 2 is 2.12 bits per heavy atom. The largest absolute Gasteiger partial charge is 0.478 e. The van der Waals surface area contributed by atoms with Crippen LogP contribution in [0.2, 0.25) is 0 Å². The number of ether oxygens (including phenoxy) is 1. The molecule has 1 aromatic heterocycles. The lowest BCUT2D eigenvalue weighted by Crippen LogP contribution is -2.06. The van der Waals surface area contributed by atoms with Crippen LogP contribution in [0, 0.1) is 6.92 Å². The number of aliphatic hydroxyl groups is 1. The highest BCUT2D eigenvalue weighted by Crippen LogP contribution is 2.13. The molecule has 0 saturated carbocycles. The summed E-state index contributed by atoms with van der Waals surface area (Å²) in [6.07, 6.45) is 2.90. The van der Waals surface area contributed by atoms with Gasteiger partial charge in [0.15, 0.2) is 0 Å². The Hall–Kier alpha value is -1.36. The minimum absolute atomic E-state index is 0.265. The molecule has 1 aromatic rings. The van der Waals surface area contributed by atoms with Crippen LogP contribution in [0.15, 0.2) is 6.07 Å². The minimum atomic E-state index is 0.265. The van der Waals surface area contributed by atoms with Crippen LogP contribution in [0.5, 0.6) is 5.88 Å². The molecule has 0 bridgehead atoms. The van der Waals surface area contributed by atoms with Gasteiger partial charge in [0.2, 0.25) is 5.88 Å². The summed E-state index contributed by atoms with van der Waals surface area (Å²) in [6.45, 7) is 5.49. The van der Waals surface area contributed by atoms with Crippen molar-refractivity contribution in [3.8, 4) is 5.88 Å². The van der Waals surface area contributed by atoms with Crippen molar-refractivity contribution in [3.05, 3.63) is 11.9 Å². The van der Waals surface area contributed by atoms with Gasteiger partial charge < -0.3 is 15.2 Å². The second-order valence-electron chi connectivity index (χ2n) is 3.78. The minimum Gasteiger partial charge on any atom is -0.478 e. The highest BCUT2D eigenvalue weighted by atomic mass is 16.5. The first kappa shape index (κ1) is 13.7. The fourth-order valence-electron chi connectivity index (χ4n) is 1.48. The molecule has 2 N–H and O–H groups in total. The summed E-state index contributed by atoms with van der Waals surface area (Å²) in [7, 11) is 0. The number of aryl methyl sites for hydroxylation is 1. The van der Waals surface area contributed by atoms with Crippen molar-refractivity contribution >= 4 is 5.82 Å². The van der Waals surface area contributed by atoms with E-state index in [0.717, 1.165) is 31.6 Å². The maximum atomic E-state index is 8.66. The molecule has 0 aliphatic carbocycles. The first-order chi connectivity index (χ1) is 8.26. The molecule has 1 heterocycles. The Balaban J connectivity index is 2.41. The second kappa shape index (κ2) is 7.84. The molecule has 0 spiro atoms. The van der Waals surface area contributed by atoms with Gasteiger partial charge in [0.1, 0.15) is 11.6 Å². The maximum Gasteiger partial charge on any atom is 0.218 e. The molecule has 0 fully saturated rings. The fraction of sp³-hybridized carbons (Fsp3) is 0.667. The third kappa shape index (κ3) is 5.49. The summed E-state index contributed by atoms with van der Waals surface area (Å²) in [5.41, 5.74) is 0. The third-order valence-corrected chi connectivity index (χ3v) is 2.25. The van der Waals surface area contributed by atoms with Crippen molar-refractivity contribution in [2.75, 3.05) is 25.1 Å². The molecular formula is C12H21N3O2. The van der Waals surface area contributed by atoms with Crippen molar-refractivity contribution in [2.45, 2.75) is 33.1 Å². The average molecular weight is 239 g/mol. The van der Waals surface area contributed by atoms with E-state index in [9.17, 15) is 0 Å². The van der Waals surface area contributed by atoms with E-state index in [4.69, 9.17) is 9.84 Å². The van der Waals surface area contributed by atoms with E-state index >= 15 is 0 Å². The molecule has 17 heavy (non-hydrogen) atoms. The van der Waals surface area contributed by atoms with Crippen LogP contribution in [-0.2, 0) is 0 Å². The molecule has 0 saturated heterocycles. The quantitative estimate of drug-likeness (QED) is 0.677. The molecule has 1 rings (SSSR count). The van der Waals surface area contributed by atoms with Gasteiger partial charge >= 0.3 is 0 Å². The monoisotopic (exact) mass is 239 g/mol. The van der Waals surface area contributed by atoms with Gasteiger partial charge in [-0.25, -0.2) is 4.98 Å². The summed E-state index contributed by atoms with van der Waals surface area (Å²) in [4.78, 5) is 8.46. The average Bonchev–Trinajstić information content (AvgIpc) is 2.28. The van der Waals surface area contributed by atoms with Crippen LogP contribution >= 0.6 is 0 Å². The lowest BCUT2D eigenvalue weighted by molar-refractivity contribution is 0.283. The lowest BCUT2D eigenvalue weighted by atomic mass is 10.2. The zero-order valence-corrected chi connectivity index (χ0v) is 10.6. The number of hydrogen-bond donors (Lipinski definition) is 2. The van der Waals surface area contributed by atoms with Crippen LogP contribution in [-0.4, -0.2) is 34.8 Å². The van der Waals surface area contributed by atoms with E-state index in [2.05, 4.69) is 15.3 Å². The van der Waals surface area contributed by atoms with Gasteiger partial charge in [-0.1, -0.05) is 0 Å². The van der Waals surface area contributed by atoms with Gasteiger partial charge in [-0.2, -0.15) is 4.98 Å². The predicted molar refractivity (Wildman–Crippen MR) is 67.4 cm³/mol. The van der Waals surface area contributed by atoms with E-state index in [1.165, 1.54) is 0 Å². The molecule has 0 atom stereocenters. The maximum absolute atomic E-state index is 8.66. The number of aliphatic hydroxyl groups excluding tert-OH is 1. The molecular weight excluding hydrogens is 218 g/mol. The Morgan fingerprint density at radius 1 is 1.29 bits per heavy atom. The molecule has 0 unspecified atom stereocenters. The zero-order chi connectivity index (χ0) is 12.5. The highest BCUT2D eigenvalue weighted by Gasteiger charge is 2.01. The Morgan fingerprint density at radius 3 is 2.82 bits per heavy atom. The predicted octanol–water partition coefficient (Wildman–Crippen LogP) is 1.76. The van der Waals surface area contributed by atoms with Gasteiger partial charge in [0, 0.05) is 19.2 Å². The Bertz CT molecular complexity index is 332. The van der Waals surface area contributed by atoms with Crippen molar-refractivity contribution in [2.24, 2.45) is 0 Å². The fourth-order valence-corrected chi connectivity index (χ4v) is 1.48. The molecule has 5 heteroatoms. The Kier molecular flexibility index (Phi) is 6.32. The van der Waals surface area contributed by atoms with Crippen LogP contribution in [0.4, 0.5) is 5.82 Å². The van der Waals surface area contributed by atoms with E-state index < -0.39 is 0 Å². The molecule has 0 aromatic carbocycles. The Labute approximate surface area is 102 Å². The smallest absolute Gasteiger partial charge is 0.218 e. The third-order valence-electron chi connectivity index (χ3n) is 2.25. The number of nitrogens with zero attached hydrogens (tertiary/aromatic N) is 2. The summed E-state index contributed by atoms with van der Waals surface area (Å²) in [6, 6.07) is 1.81. The van der Waals surface area contributed by atoms with Crippen LogP contribution in [0.25, 0.3) is 0 Å². The van der Waals surface area contributed by atoms with Crippen molar-refractivity contribution in [1.82, 2.24) is 9.97 Å². The topological polar surface area (TPSA) is 67.3 Å². The number of anilines is 1. The van der Waals surface area contributed by atoms with Crippen LogP contribution in [0.1, 0.15) is 32.0 Å². The van der Waals surface area contributed by atoms with Gasteiger partial charge in [-0.3, -0.25) is 0 Å². The summed E-state index contributed by atoms with van der Waals surface area (Å²) < 4.78 is 5.35. The van der Waals surface area contributed by atoms with E-state index in [-0.39, 0.29) is 6.61 Å². The summed E-state index contributed by atoms with van der Waals surface area (Å²) in [5.74, 6) is 2.11. The van der Waals surface area contributed by atoms with Crippen molar-refractivity contribution in [3.63, 3.8) is 0 Å². The van der Waals surface area contributed by atoms with Gasteiger partial charge in [0.25, 0.3) is 0 Å². The molecule has 0 amide bonds. The zero-order valence-electron chi connectivity index (χ0n) is 10.6. The van der Waals surface area contributed by atoms with E-state index in [1.54, 1.807) is 0 Å². The summed E-state index contributed by atoms with van der Waals surface area (Å²) in [5, 5.41) is 11.9. The van der Waals surface area contributed by atoms with Crippen LogP contribution in [0.3, 0.4) is 0 Å². The molecule has 0 aliphatic rings. The van der Waals surface area contributed by atoms with Gasteiger partial charge in [0.05, 0.1) is 6.61 Å². The first-order valence-corrected chi connectivity index (χ1v) is 6.09. The second-order valence-corrected chi connectivity index (χ2v) is 3.78. The van der Waals surface area contributed by atoms with Crippen molar-refractivity contribution in [1.29, 1.82) is 0 Å². The molecule has 5 nitrogen and oxygen atoms in total.